The molecule has 94 valence electrons. The van der Waals surface area contributed by atoms with Crippen LogP contribution in [0.1, 0.15) is 52.4 Å². The molecular weight excluding hydrogens is 200 g/mol. The van der Waals surface area contributed by atoms with Gasteiger partial charge in [0.1, 0.15) is 0 Å². The maximum atomic E-state index is 12.0. The van der Waals surface area contributed by atoms with E-state index >= 15 is 0 Å². The Labute approximate surface area is 99.4 Å². The summed E-state index contributed by atoms with van der Waals surface area (Å²) in [5.41, 5.74) is 5.43. The van der Waals surface area contributed by atoms with Crippen molar-refractivity contribution in [2.45, 2.75) is 58.4 Å². The Balaban J connectivity index is 2.29. The van der Waals surface area contributed by atoms with E-state index in [-0.39, 0.29) is 0 Å². The average molecular weight is 226 g/mol. The fourth-order valence-electron chi connectivity index (χ4n) is 2.43. The second-order valence-electron chi connectivity index (χ2n) is 5.05. The topological polar surface area (TPSA) is 46.3 Å². The Morgan fingerprint density at radius 3 is 2.75 bits per heavy atom. The number of hydrogen-bond donors (Lipinski definition) is 1. The van der Waals surface area contributed by atoms with Crippen molar-refractivity contribution in [2.24, 2.45) is 11.7 Å². The number of unbranched alkanes of at least 4 members (excludes halogenated alkanes) is 2. The number of carbonyl (C=O) groups is 1. The standard InChI is InChI=1S/C13H26N2O/c1-11-7-6-10-15(12(11)2)13(16)8-4-3-5-9-14/h11-12H,3-10,14H2,1-2H3. The normalized spacial score (nSPS) is 25.8. The maximum absolute atomic E-state index is 12.0. The Morgan fingerprint density at radius 2 is 2.06 bits per heavy atom. The summed E-state index contributed by atoms with van der Waals surface area (Å²) in [6.07, 6.45) is 6.25. The molecule has 1 rings (SSSR count). The van der Waals surface area contributed by atoms with Gasteiger partial charge in [0.05, 0.1) is 0 Å². The molecule has 1 saturated heterocycles. The summed E-state index contributed by atoms with van der Waals surface area (Å²) >= 11 is 0. The van der Waals surface area contributed by atoms with E-state index in [0.717, 1.165) is 32.4 Å². The lowest BCUT2D eigenvalue weighted by Gasteiger charge is -2.38. The number of nitrogens with two attached hydrogens (primary N) is 1. The van der Waals surface area contributed by atoms with Gasteiger partial charge in [0.25, 0.3) is 0 Å². The molecule has 1 heterocycles. The summed E-state index contributed by atoms with van der Waals surface area (Å²) in [5, 5.41) is 0. The second-order valence-corrected chi connectivity index (χ2v) is 5.05. The summed E-state index contributed by atoms with van der Waals surface area (Å²) in [5.74, 6) is 0.998. The highest BCUT2D eigenvalue weighted by Crippen LogP contribution is 2.23. The van der Waals surface area contributed by atoms with Gasteiger partial charge in [0.2, 0.25) is 5.91 Å². The molecular formula is C13H26N2O. The SMILES string of the molecule is CC1CCCN(C(=O)CCCCCN)C1C. The summed E-state index contributed by atoms with van der Waals surface area (Å²) < 4.78 is 0. The first-order valence-electron chi connectivity index (χ1n) is 6.66. The summed E-state index contributed by atoms with van der Waals surface area (Å²) in [6, 6.07) is 0.427. The second kappa shape index (κ2) is 6.89. The van der Waals surface area contributed by atoms with Crippen molar-refractivity contribution in [2.75, 3.05) is 13.1 Å². The number of piperidine rings is 1. The molecule has 2 unspecified atom stereocenters. The van der Waals surface area contributed by atoms with Crippen LogP contribution >= 0.6 is 0 Å². The zero-order valence-electron chi connectivity index (χ0n) is 10.7. The molecule has 16 heavy (non-hydrogen) atoms. The van der Waals surface area contributed by atoms with E-state index in [2.05, 4.69) is 18.7 Å². The minimum absolute atomic E-state index is 0.344. The van der Waals surface area contributed by atoms with Crippen molar-refractivity contribution in [1.29, 1.82) is 0 Å². The first-order chi connectivity index (χ1) is 7.66. The monoisotopic (exact) mass is 226 g/mol. The quantitative estimate of drug-likeness (QED) is 0.730. The molecule has 0 aromatic carbocycles. The molecule has 0 aliphatic carbocycles. The minimum Gasteiger partial charge on any atom is -0.340 e. The van der Waals surface area contributed by atoms with Crippen molar-refractivity contribution < 1.29 is 4.79 Å². The number of carbonyl (C=O) groups excluding carboxylic acids is 1. The van der Waals surface area contributed by atoms with Gasteiger partial charge >= 0.3 is 0 Å². The van der Waals surface area contributed by atoms with Crippen molar-refractivity contribution in [3.8, 4) is 0 Å². The molecule has 1 aliphatic heterocycles. The number of amides is 1. The Morgan fingerprint density at radius 1 is 1.31 bits per heavy atom. The van der Waals surface area contributed by atoms with Gasteiger partial charge in [-0.05, 0) is 45.1 Å². The third-order valence-corrected chi connectivity index (χ3v) is 3.79. The maximum Gasteiger partial charge on any atom is 0.222 e. The van der Waals surface area contributed by atoms with Crippen LogP contribution in [0.25, 0.3) is 0 Å². The minimum atomic E-state index is 0.344. The first-order valence-corrected chi connectivity index (χ1v) is 6.66. The third-order valence-electron chi connectivity index (χ3n) is 3.79. The molecule has 0 aromatic heterocycles. The van der Waals surface area contributed by atoms with Gasteiger partial charge < -0.3 is 10.6 Å². The predicted molar refractivity (Wildman–Crippen MR) is 67.1 cm³/mol. The van der Waals surface area contributed by atoms with Gasteiger partial charge in [-0.1, -0.05) is 13.3 Å². The largest absolute Gasteiger partial charge is 0.340 e. The molecule has 0 bridgehead atoms. The number of nitrogens with zero attached hydrogens (tertiary/aromatic N) is 1. The highest BCUT2D eigenvalue weighted by molar-refractivity contribution is 5.76. The molecule has 0 radical (unpaired) electrons. The molecule has 2 N–H and O–H groups in total. The van der Waals surface area contributed by atoms with Crippen LogP contribution in [0.4, 0.5) is 0 Å². The Hall–Kier alpha value is -0.570. The van der Waals surface area contributed by atoms with Gasteiger partial charge in [-0.2, -0.15) is 0 Å². The summed E-state index contributed by atoms with van der Waals surface area (Å²) in [6.45, 7) is 6.13. The zero-order chi connectivity index (χ0) is 12.0. The zero-order valence-corrected chi connectivity index (χ0v) is 10.7. The highest BCUT2D eigenvalue weighted by atomic mass is 16.2. The van der Waals surface area contributed by atoms with Crippen molar-refractivity contribution in [3.63, 3.8) is 0 Å². The molecule has 1 aliphatic rings. The molecule has 0 saturated carbocycles. The number of rotatable bonds is 5. The van der Waals surface area contributed by atoms with Gasteiger partial charge in [-0.15, -0.1) is 0 Å². The lowest BCUT2D eigenvalue weighted by Crippen LogP contribution is -2.45. The van der Waals surface area contributed by atoms with E-state index < -0.39 is 0 Å². The lowest BCUT2D eigenvalue weighted by atomic mass is 9.91. The number of hydrogen-bond acceptors (Lipinski definition) is 2. The van der Waals surface area contributed by atoms with Crippen LogP contribution in [-0.2, 0) is 4.79 Å². The summed E-state index contributed by atoms with van der Waals surface area (Å²) in [7, 11) is 0. The van der Waals surface area contributed by atoms with Crippen molar-refractivity contribution in [1.82, 2.24) is 4.90 Å². The van der Waals surface area contributed by atoms with E-state index in [9.17, 15) is 4.79 Å². The van der Waals surface area contributed by atoms with Crippen LogP contribution < -0.4 is 5.73 Å². The lowest BCUT2D eigenvalue weighted by molar-refractivity contribution is -0.135. The number of likely N-dealkylation sites (tertiary alicyclic amines) is 1. The fourth-order valence-corrected chi connectivity index (χ4v) is 2.43. The van der Waals surface area contributed by atoms with Crippen LogP contribution in [0.5, 0.6) is 0 Å². The van der Waals surface area contributed by atoms with Gasteiger partial charge in [0, 0.05) is 19.0 Å². The van der Waals surface area contributed by atoms with Crippen LogP contribution in [0.3, 0.4) is 0 Å². The molecule has 2 atom stereocenters. The molecule has 0 aromatic rings. The van der Waals surface area contributed by atoms with E-state index in [1.807, 2.05) is 0 Å². The van der Waals surface area contributed by atoms with E-state index in [0.29, 0.717) is 24.3 Å². The molecule has 1 amide bonds. The molecule has 3 heteroatoms. The predicted octanol–water partition coefficient (Wildman–Crippen LogP) is 2.15. The summed E-state index contributed by atoms with van der Waals surface area (Å²) in [4.78, 5) is 14.1. The smallest absolute Gasteiger partial charge is 0.222 e. The van der Waals surface area contributed by atoms with Gasteiger partial charge in [-0.3, -0.25) is 4.79 Å². The molecule has 0 spiro atoms. The third kappa shape index (κ3) is 3.78. The first kappa shape index (κ1) is 13.5. The fraction of sp³-hybridized carbons (Fsp3) is 0.923. The van der Waals surface area contributed by atoms with Gasteiger partial charge in [-0.25, -0.2) is 0 Å². The Kier molecular flexibility index (Phi) is 5.81. The van der Waals surface area contributed by atoms with Crippen LogP contribution in [-0.4, -0.2) is 29.9 Å². The van der Waals surface area contributed by atoms with Crippen molar-refractivity contribution >= 4 is 5.91 Å². The van der Waals surface area contributed by atoms with Gasteiger partial charge in [0.15, 0.2) is 0 Å². The van der Waals surface area contributed by atoms with Crippen LogP contribution in [0.2, 0.25) is 0 Å². The Bertz CT molecular complexity index is 218. The molecule has 1 fully saturated rings. The van der Waals surface area contributed by atoms with Crippen LogP contribution in [0, 0.1) is 5.92 Å². The van der Waals surface area contributed by atoms with E-state index in [1.165, 1.54) is 12.8 Å². The van der Waals surface area contributed by atoms with E-state index in [4.69, 9.17) is 5.73 Å². The highest BCUT2D eigenvalue weighted by Gasteiger charge is 2.27. The van der Waals surface area contributed by atoms with E-state index in [1.54, 1.807) is 0 Å². The molecule has 3 nitrogen and oxygen atoms in total. The average Bonchev–Trinajstić information content (AvgIpc) is 2.28. The van der Waals surface area contributed by atoms with Crippen molar-refractivity contribution in [3.05, 3.63) is 0 Å². The van der Waals surface area contributed by atoms with Crippen LogP contribution in [0.15, 0.2) is 0 Å².